The lowest BCUT2D eigenvalue weighted by Gasteiger charge is -2.08. The molecule has 86 valence electrons. The third-order valence-corrected chi connectivity index (χ3v) is 2.94. The highest BCUT2D eigenvalue weighted by Crippen LogP contribution is 2.19. The maximum Gasteiger partial charge on any atom is 0.0479 e. The molecule has 0 atom stereocenters. The van der Waals surface area contributed by atoms with Crippen molar-refractivity contribution in [2.45, 2.75) is 20.3 Å². The van der Waals surface area contributed by atoms with Crippen LogP contribution in [0.3, 0.4) is 0 Å². The molecule has 2 heteroatoms. The summed E-state index contributed by atoms with van der Waals surface area (Å²) in [6.45, 7) is 5.56. The number of hydrogen-bond donors (Lipinski definition) is 1. The molecule has 0 aliphatic heterocycles. The number of rotatable bonds is 4. The molecule has 2 nitrogen and oxygen atoms in total. The minimum atomic E-state index is 0.757. The molecule has 0 saturated carbocycles. The molecule has 0 spiro atoms. The van der Waals surface area contributed by atoms with Gasteiger partial charge < -0.3 is 9.88 Å². The second-order valence-corrected chi connectivity index (χ2v) is 4.81. The van der Waals surface area contributed by atoms with Gasteiger partial charge in [0.15, 0.2) is 0 Å². The summed E-state index contributed by atoms with van der Waals surface area (Å²) in [5, 5.41) is 4.77. The molecular weight excluding hydrogens is 196 g/mol. The highest BCUT2D eigenvalue weighted by Gasteiger charge is 1.99. The van der Waals surface area contributed by atoms with Crippen molar-refractivity contribution in [3.05, 3.63) is 30.5 Å². The van der Waals surface area contributed by atoms with E-state index in [0.717, 1.165) is 12.5 Å². The lowest BCUT2D eigenvalue weighted by Crippen LogP contribution is -2.04. The van der Waals surface area contributed by atoms with Crippen LogP contribution in [0.1, 0.15) is 20.3 Å². The van der Waals surface area contributed by atoms with Crippen LogP contribution in [0.5, 0.6) is 0 Å². The number of anilines is 1. The van der Waals surface area contributed by atoms with Crippen molar-refractivity contribution in [3.63, 3.8) is 0 Å². The summed E-state index contributed by atoms with van der Waals surface area (Å²) in [4.78, 5) is 0. The zero-order valence-corrected chi connectivity index (χ0v) is 10.3. The predicted molar refractivity (Wildman–Crippen MR) is 70.9 cm³/mol. The highest BCUT2D eigenvalue weighted by molar-refractivity contribution is 5.83. The number of fused-ring (bicyclic) bond motifs is 1. The molecule has 0 aliphatic rings. The molecule has 2 rings (SSSR count). The van der Waals surface area contributed by atoms with E-state index in [9.17, 15) is 0 Å². The zero-order valence-electron chi connectivity index (χ0n) is 10.3. The standard InChI is InChI=1S/C14H20N2/c1-11(2)6-8-15-13-4-5-14-12(10-13)7-9-16(14)3/h4-5,7,9-11,15H,6,8H2,1-3H3. The summed E-state index contributed by atoms with van der Waals surface area (Å²) >= 11 is 0. The third-order valence-electron chi connectivity index (χ3n) is 2.94. The Kier molecular flexibility index (Phi) is 3.18. The fourth-order valence-electron chi connectivity index (χ4n) is 1.90. The van der Waals surface area contributed by atoms with Crippen molar-refractivity contribution >= 4 is 16.6 Å². The largest absolute Gasteiger partial charge is 0.385 e. The second kappa shape index (κ2) is 4.60. The molecule has 1 aromatic heterocycles. The van der Waals surface area contributed by atoms with E-state index in [4.69, 9.17) is 0 Å². The molecule has 0 saturated heterocycles. The minimum absolute atomic E-state index is 0.757. The fourth-order valence-corrected chi connectivity index (χ4v) is 1.90. The number of hydrogen-bond acceptors (Lipinski definition) is 1. The predicted octanol–water partition coefficient (Wildman–Crippen LogP) is 3.64. The summed E-state index contributed by atoms with van der Waals surface area (Å²) in [5.74, 6) is 0.757. The summed E-state index contributed by atoms with van der Waals surface area (Å²) < 4.78 is 2.15. The normalized spacial score (nSPS) is 11.2. The number of aryl methyl sites for hydroxylation is 1. The van der Waals surface area contributed by atoms with Crippen molar-refractivity contribution in [1.29, 1.82) is 0 Å². The van der Waals surface area contributed by atoms with E-state index < -0.39 is 0 Å². The summed E-state index contributed by atoms with van der Waals surface area (Å²) in [6.07, 6.45) is 3.31. The van der Waals surface area contributed by atoms with Gasteiger partial charge >= 0.3 is 0 Å². The third kappa shape index (κ3) is 2.38. The van der Waals surface area contributed by atoms with E-state index in [1.807, 2.05) is 0 Å². The average Bonchev–Trinajstić information content (AvgIpc) is 2.60. The van der Waals surface area contributed by atoms with E-state index in [0.29, 0.717) is 0 Å². The lowest BCUT2D eigenvalue weighted by molar-refractivity contribution is 0.607. The smallest absolute Gasteiger partial charge is 0.0479 e. The van der Waals surface area contributed by atoms with Crippen molar-refractivity contribution in [1.82, 2.24) is 4.57 Å². The van der Waals surface area contributed by atoms with Crippen LogP contribution in [0.2, 0.25) is 0 Å². The van der Waals surface area contributed by atoms with E-state index in [1.54, 1.807) is 0 Å². The van der Waals surface area contributed by atoms with Crippen LogP contribution >= 0.6 is 0 Å². The lowest BCUT2D eigenvalue weighted by atomic mass is 10.1. The quantitative estimate of drug-likeness (QED) is 0.825. The molecular formula is C14H20N2. The fraction of sp³-hybridized carbons (Fsp3) is 0.429. The van der Waals surface area contributed by atoms with Crippen LogP contribution in [0.15, 0.2) is 30.5 Å². The number of aromatic nitrogens is 1. The molecule has 0 amide bonds. The molecule has 0 aliphatic carbocycles. The average molecular weight is 216 g/mol. The van der Waals surface area contributed by atoms with Crippen molar-refractivity contribution in [2.24, 2.45) is 13.0 Å². The number of benzene rings is 1. The van der Waals surface area contributed by atoms with Crippen LogP contribution in [-0.4, -0.2) is 11.1 Å². The molecule has 0 unspecified atom stereocenters. The molecule has 0 fully saturated rings. The Balaban J connectivity index is 2.08. The molecule has 0 radical (unpaired) electrons. The molecule has 1 aromatic carbocycles. The van der Waals surface area contributed by atoms with Crippen molar-refractivity contribution in [2.75, 3.05) is 11.9 Å². The van der Waals surface area contributed by atoms with Crippen molar-refractivity contribution in [3.8, 4) is 0 Å². The maximum atomic E-state index is 3.47. The maximum absolute atomic E-state index is 3.47. The second-order valence-electron chi connectivity index (χ2n) is 4.81. The minimum Gasteiger partial charge on any atom is -0.385 e. The Hall–Kier alpha value is -1.44. The van der Waals surface area contributed by atoms with Gasteiger partial charge in [0.2, 0.25) is 0 Å². The Morgan fingerprint density at radius 3 is 2.81 bits per heavy atom. The van der Waals surface area contributed by atoms with E-state index in [2.05, 4.69) is 61.2 Å². The van der Waals surface area contributed by atoms with Crippen LogP contribution in [0, 0.1) is 5.92 Å². The summed E-state index contributed by atoms with van der Waals surface area (Å²) in [6, 6.07) is 8.70. The van der Waals surface area contributed by atoms with Gasteiger partial charge in [-0.05, 0) is 36.6 Å². The van der Waals surface area contributed by atoms with Crippen LogP contribution in [0.4, 0.5) is 5.69 Å². The van der Waals surface area contributed by atoms with Gasteiger partial charge in [-0.15, -0.1) is 0 Å². The highest BCUT2D eigenvalue weighted by atomic mass is 14.9. The van der Waals surface area contributed by atoms with Crippen LogP contribution < -0.4 is 5.32 Å². The first-order chi connectivity index (χ1) is 7.66. The Morgan fingerprint density at radius 1 is 1.25 bits per heavy atom. The van der Waals surface area contributed by atoms with E-state index >= 15 is 0 Å². The van der Waals surface area contributed by atoms with Crippen LogP contribution in [-0.2, 0) is 7.05 Å². The van der Waals surface area contributed by atoms with Gasteiger partial charge in [0, 0.05) is 36.4 Å². The van der Waals surface area contributed by atoms with Gasteiger partial charge in [0.05, 0.1) is 0 Å². The summed E-state index contributed by atoms with van der Waals surface area (Å²) in [5.41, 5.74) is 2.51. The molecule has 2 aromatic rings. The van der Waals surface area contributed by atoms with E-state index in [1.165, 1.54) is 23.0 Å². The van der Waals surface area contributed by atoms with Gasteiger partial charge in [-0.2, -0.15) is 0 Å². The van der Waals surface area contributed by atoms with Gasteiger partial charge in [-0.1, -0.05) is 13.8 Å². The van der Waals surface area contributed by atoms with Crippen LogP contribution in [0.25, 0.3) is 10.9 Å². The Labute approximate surface area is 97.3 Å². The number of nitrogens with one attached hydrogen (secondary N) is 1. The number of nitrogens with zero attached hydrogens (tertiary/aromatic N) is 1. The zero-order chi connectivity index (χ0) is 11.5. The molecule has 0 bridgehead atoms. The van der Waals surface area contributed by atoms with Gasteiger partial charge in [0.1, 0.15) is 0 Å². The Morgan fingerprint density at radius 2 is 2.06 bits per heavy atom. The topological polar surface area (TPSA) is 17.0 Å². The van der Waals surface area contributed by atoms with Gasteiger partial charge in [-0.3, -0.25) is 0 Å². The van der Waals surface area contributed by atoms with Crippen molar-refractivity contribution < 1.29 is 0 Å². The first-order valence-electron chi connectivity index (χ1n) is 5.96. The SMILES string of the molecule is CC(C)CCNc1ccc2c(ccn2C)c1. The molecule has 16 heavy (non-hydrogen) atoms. The molecule has 1 N–H and O–H groups in total. The van der Waals surface area contributed by atoms with E-state index in [-0.39, 0.29) is 0 Å². The van der Waals surface area contributed by atoms with Gasteiger partial charge in [0.25, 0.3) is 0 Å². The first kappa shape index (κ1) is 11.1. The first-order valence-corrected chi connectivity index (χ1v) is 5.96. The Bertz CT molecular complexity index is 469. The summed E-state index contributed by atoms with van der Waals surface area (Å²) in [7, 11) is 2.08. The monoisotopic (exact) mass is 216 g/mol. The molecule has 1 heterocycles. The van der Waals surface area contributed by atoms with Gasteiger partial charge in [-0.25, -0.2) is 0 Å².